The van der Waals surface area contributed by atoms with Crippen LogP contribution < -0.4 is 10.6 Å². The van der Waals surface area contributed by atoms with E-state index in [1.807, 2.05) is 18.4 Å². The van der Waals surface area contributed by atoms with Crippen LogP contribution in [0.4, 0.5) is 33.7 Å². The van der Waals surface area contributed by atoms with E-state index in [1.165, 1.54) is 6.07 Å². The van der Waals surface area contributed by atoms with E-state index < -0.39 is 24.4 Å². The highest BCUT2D eigenvalue weighted by Gasteiger charge is 2.30. The molecule has 3 aromatic heterocycles. The highest BCUT2D eigenvalue weighted by atomic mass is 19.4. The van der Waals surface area contributed by atoms with Crippen LogP contribution in [-0.4, -0.2) is 67.2 Å². The molecule has 5 rings (SSSR count). The van der Waals surface area contributed by atoms with Gasteiger partial charge in [0, 0.05) is 30.7 Å². The van der Waals surface area contributed by atoms with Crippen LogP contribution in [0, 0.1) is 25.5 Å². The number of alkyl halides is 3. The fourth-order valence-electron chi connectivity index (χ4n) is 5.38. The number of fused-ring (bicyclic) bond motifs is 1. The Morgan fingerprint density at radius 3 is 2.42 bits per heavy atom. The molecule has 1 aromatic carbocycles. The molecule has 0 unspecified atom stereocenters. The fourth-order valence-corrected chi connectivity index (χ4v) is 5.38. The van der Waals surface area contributed by atoms with E-state index in [4.69, 9.17) is 0 Å². The van der Waals surface area contributed by atoms with Gasteiger partial charge in [-0.25, -0.2) is 28.7 Å². The van der Waals surface area contributed by atoms with Crippen LogP contribution in [0.3, 0.4) is 0 Å². The molecule has 14 heteroatoms. The molecule has 0 aliphatic carbocycles. The number of pyridine rings is 1. The summed E-state index contributed by atoms with van der Waals surface area (Å²) in [7, 11) is 0. The quantitative estimate of drug-likeness (QED) is 0.256. The highest BCUT2D eigenvalue weighted by molar-refractivity contribution is 5.95. The number of halogens is 5. The number of hydrogen-bond acceptors (Lipinski definition) is 7. The maximum Gasteiger partial charge on any atom is 0.401 e. The van der Waals surface area contributed by atoms with E-state index in [1.54, 1.807) is 36.9 Å². The van der Waals surface area contributed by atoms with E-state index in [2.05, 4.69) is 30.6 Å². The third-order valence-corrected chi connectivity index (χ3v) is 7.39. The Balaban J connectivity index is 1.31. The Morgan fingerprint density at radius 1 is 1.05 bits per heavy atom. The number of carbonyl (C=O) groups excluding carboxylic acids is 1. The molecule has 4 heterocycles. The first-order chi connectivity index (χ1) is 20.3. The number of benzene rings is 1. The van der Waals surface area contributed by atoms with Crippen LogP contribution >= 0.6 is 0 Å². The van der Waals surface area contributed by atoms with Gasteiger partial charge in [-0.05, 0) is 64.8 Å². The van der Waals surface area contributed by atoms with Gasteiger partial charge < -0.3 is 20.1 Å². The van der Waals surface area contributed by atoms with Gasteiger partial charge in [-0.15, -0.1) is 0 Å². The average molecular weight is 603 g/mol. The van der Waals surface area contributed by atoms with E-state index >= 15 is 4.39 Å². The molecule has 4 aromatic rings. The number of likely N-dealkylation sites (tertiary alicyclic amines) is 1. The minimum Gasteiger partial charge on any atom is -0.338 e. The van der Waals surface area contributed by atoms with E-state index in [0.717, 1.165) is 6.20 Å². The number of nitrogens with zero attached hydrogens (tertiary/aromatic N) is 6. The molecule has 9 nitrogen and oxygen atoms in total. The number of carbonyl (C=O) groups is 1. The second kappa shape index (κ2) is 11.8. The first kappa shape index (κ1) is 30.3. The molecule has 2 N–H and O–H groups in total. The molecule has 1 aliphatic rings. The molecule has 0 saturated carbocycles. The Labute approximate surface area is 244 Å². The van der Waals surface area contributed by atoms with Crippen molar-refractivity contribution in [2.24, 2.45) is 0 Å². The molecule has 0 spiro atoms. The number of piperidine rings is 1. The van der Waals surface area contributed by atoms with Crippen LogP contribution in [0.5, 0.6) is 0 Å². The maximum atomic E-state index is 15.0. The highest BCUT2D eigenvalue weighted by Crippen LogP contribution is 2.30. The number of aryl methyl sites for hydroxylation is 2. The minimum absolute atomic E-state index is 0.00314. The number of aromatic nitrogens is 5. The van der Waals surface area contributed by atoms with Gasteiger partial charge in [0.2, 0.25) is 5.95 Å². The topological polar surface area (TPSA) is 101 Å². The lowest BCUT2D eigenvalue weighted by atomic mass is 10.0. The second-order valence-corrected chi connectivity index (χ2v) is 10.9. The predicted molar refractivity (Wildman–Crippen MR) is 151 cm³/mol. The number of hydrogen-bond donors (Lipinski definition) is 2. The van der Waals surface area contributed by atoms with E-state index in [9.17, 15) is 22.4 Å². The van der Waals surface area contributed by atoms with Crippen LogP contribution in [0.15, 0.2) is 30.5 Å². The number of nitrogens with one attached hydrogen (secondary N) is 2. The zero-order chi connectivity index (χ0) is 31.1. The lowest BCUT2D eigenvalue weighted by Crippen LogP contribution is -2.47. The molecule has 1 amide bonds. The van der Waals surface area contributed by atoms with Gasteiger partial charge in [-0.2, -0.15) is 13.2 Å². The Bertz CT molecular complexity index is 1660. The molecule has 0 radical (unpaired) electrons. The third-order valence-electron chi connectivity index (χ3n) is 7.39. The van der Waals surface area contributed by atoms with E-state index in [0.29, 0.717) is 54.3 Å². The maximum absolute atomic E-state index is 15.0. The van der Waals surface area contributed by atoms with Gasteiger partial charge in [0.15, 0.2) is 11.6 Å². The first-order valence-electron chi connectivity index (χ1n) is 13.9. The smallest absolute Gasteiger partial charge is 0.338 e. The summed E-state index contributed by atoms with van der Waals surface area (Å²) in [5, 5.41) is 5.41. The van der Waals surface area contributed by atoms with Crippen molar-refractivity contribution in [2.45, 2.75) is 58.8 Å². The summed E-state index contributed by atoms with van der Waals surface area (Å²) in [5.41, 5.74) is 1.60. The average Bonchev–Trinajstić information content (AvgIpc) is 3.29. The van der Waals surface area contributed by atoms with Gasteiger partial charge >= 0.3 is 6.18 Å². The number of imidazole rings is 1. The van der Waals surface area contributed by atoms with Gasteiger partial charge in [-0.1, -0.05) is 0 Å². The number of rotatable bonds is 7. The standard InChI is InChI=1S/C29H31F5N8O/c1-15(2)42-17(4)38-26-21(30)11-18(12-23(26)42)25-22(31)13-35-28(40-25)39-24-6-5-20(16(3)37-24)27(43)41-9-7-19(8-10-41)36-14-29(32,33)34/h5-6,11-13,15,19,36H,7-10,14H2,1-4H3,(H,35,37,39,40). The molecule has 0 atom stereocenters. The molecular formula is C29H31F5N8O. The fraction of sp³-hybridized carbons (Fsp3) is 0.414. The first-order valence-corrected chi connectivity index (χ1v) is 13.9. The summed E-state index contributed by atoms with van der Waals surface area (Å²) in [5.74, 6) is -0.639. The molecule has 1 fully saturated rings. The molecule has 43 heavy (non-hydrogen) atoms. The molecule has 0 bridgehead atoms. The molecular weight excluding hydrogens is 571 g/mol. The van der Waals surface area contributed by atoms with Gasteiger partial charge in [-0.3, -0.25) is 4.79 Å². The lowest BCUT2D eigenvalue weighted by Gasteiger charge is -2.33. The summed E-state index contributed by atoms with van der Waals surface area (Å²) in [4.78, 5) is 31.7. The summed E-state index contributed by atoms with van der Waals surface area (Å²) < 4.78 is 69.2. The summed E-state index contributed by atoms with van der Waals surface area (Å²) in [6, 6.07) is 5.67. The van der Waals surface area contributed by atoms with Crippen LogP contribution in [0.25, 0.3) is 22.3 Å². The zero-order valence-corrected chi connectivity index (χ0v) is 24.1. The Kier molecular flexibility index (Phi) is 8.32. The molecule has 228 valence electrons. The van der Waals surface area contributed by atoms with Gasteiger partial charge in [0.1, 0.15) is 22.9 Å². The van der Waals surface area contributed by atoms with Crippen molar-refractivity contribution >= 4 is 28.7 Å². The largest absolute Gasteiger partial charge is 0.401 e. The van der Waals surface area contributed by atoms with Crippen molar-refractivity contribution in [3.05, 3.63) is 59.2 Å². The predicted octanol–water partition coefficient (Wildman–Crippen LogP) is 5.86. The van der Waals surface area contributed by atoms with Gasteiger partial charge in [0.25, 0.3) is 5.91 Å². The zero-order valence-electron chi connectivity index (χ0n) is 24.1. The Morgan fingerprint density at radius 2 is 1.77 bits per heavy atom. The van der Waals surface area contributed by atoms with Crippen LogP contribution in [0.1, 0.15) is 54.6 Å². The minimum atomic E-state index is -4.28. The number of amides is 1. The molecule has 1 aliphatic heterocycles. The van der Waals surface area contributed by atoms with Crippen molar-refractivity contribution in [3.8, 4) is 11.3 Å². The van der Waals surface area contributed by atoms with Crippen LogP contribution in [-0.2, 0) is 0 Å². The summed E-state index contributed by atoms with van der Waals surface area (Å²) in [6.07, 6.45) is -2.48. The van der Waals surface area contributed by atoms with Crippen molar-refractivity contribution in [2.75, 3.05) is 25.0 Å². The monoisotopic (exact) mass is 602 g/mol. The van der Waals surface area contributed by atoms with E-state index in [-0.39, 0.29) is 40.7 Å². The van der Waals surface area contributed by atoms with Crippen molar-refractivity contribution in [3.63, 3.8) is 0 Å². The van der Waals surface area contributed by atoms with Crippen molar-refractivity contribution < 1.29 is 26.7 Å². The van der Waals surface area contributed by atoms with Crippen molar-refractivity contribution in [1.29, 1.82) is 0 Å². The summed E-state index contributed by atoms with van der Waals surface area (Å²) in [6.45, 7) is 6.92. The SMILES string of the molecule is Cc1nc(Nc2ncc(F)c(-c3cc(F)c4nc(C)n(C(C)C)c4c3)n2)ccc1C(=O)N1CCC(NCC(F)(F)F)CC1. The lowest BCUT2D eigenvalue weighted by molar-refractivity contribution is -0.126. The summed E-state index contributed by atoms with van der Waals surface area (Å²) >= 11 is 0. The Hall–Kier alpha value is -4.20. The van der Waals surface area contributed by atoms with Gasteiger partial charge in [0.05, 0.1) is 29.5 Å². The molecule has 1 saturated heterocycles. The van der Waals surface area contributed by atoms with Crippen molar-refractivity contribution in [1.82, 2.24) is 34.7 Å². The third kappa shape index (κ3) is 6.58. The van der Waals surface area contributed by atoms with Crippen LogP contribution in [0.2, 0.25) is 0 Å². The number of anilines is 2. The normalized spacial score (nSPS) is 14.6. The second-order valence-electron chi connectivity index (χ2n) is 10.9.